The van der Waals surface area contributed by atoms with E-state index in [9.17, 15) is 0 Å². The van der Waals surface area contributed by atoms with Gasteiger partial charge in [-0.05, 0) is 53.0 Å². The van der Waals surface area contributed by atoms with Crippen LogP contribution in [0.2, 0.25) is 0 Å². The van der Waals surface area contributed by atoms with Crippen molar-refractivity contribution in [2.75, 3.05) is 38.2 Å². The van der Waals surface area contributed by atoms with E-state index < -0.39 is 0 Å². The molecule has 1 aromatic carbocycles. The maximum Gasteiger partial charge on any atom is 0.225 e. The number of nitrogens with zero attached hydrogens (tertiary/aromatic N) is 7. The predicted octanol–water partition coefficient (Wildman–Crippen LogP) is -0.0405. The first-order valence-electron chi connectivity index (χ1n) is 8.77. The molecule has 1 aliphatic rings. The summed E-state index contributed by atoms with van der Waals surface area (Å²) in [6.07, 6.45) is 3.55. The van der Waals surface area contributed by atoms with Crippen LogP contribution >= 0.6 is 12.2 Å². The van der Waals surface area contributed by atoms with Gasteiger partial charge >= 0.3 is 0 Å². The van der Waals surface area contributed by atoms with Crippen LogP contribution in [0.25, 0.3) is 5.69 Å². The Hall–Kier alpha value is -2.85. The first kappa shape index (κ1) is 17.6. The number of nitrogens with one attached hydrogen (secondary N) is 1. The molecule has 27 heavy (non-hydrogen) atoms. The third-order valence-electron chi connectivity index (χ3n) is 4.64. The third-order valence-corrected chi connectivity index (χ3v) is 5.02. The molecule has 4 rings (SSSR count). The highest BCUT2D eigenvalue weighted by molar-refractivity contribution is 7.71. The molecule has 3 aromatic rings. The van der Waals surface area contributed by atoms with Gasteiger partial charge in [-0.25, -0.2) is 9.97 Å². The van der Waals surface area contributed by atoms with E-state index in [1.165, 1.54) is 4.90 Å². The van der Waals surface area contributed by atoms with Crippen molar-refractivity contribution in [2.45, 2.75) is 6.67 Å². The Morgan fingerprint density at radius 1 is 1.07 bits per heavy atom. The highest BCUT2D eigenvalue weighted by Gasteiger charge is 2.22. The minimum absolute atomic E-state index is 0.585. The number of methoxy groups -OCH3 is 1. The monoisotopic (exact) mass is 385 g/mol. The molecule has 2 aromatic heterocycles. The molecule has 0 aliphatic carbocycles. The molecule has 1 fully saturated rings. The first-order valence-corrected chi connectivity index (χ1v) is 9.18. The average Bonchev–Trinajstić information content (AvgIpc) is 3.09. The molecule has 0 amide bonds. The van der Waals surface area contributed by atoms with Crippen molar-refractivity contribution in [1.82, 2.24) is 29.8 Å². The number of hydrogen-bond donors (Lipinski definition) is 1. The topological polar surface area (TPSA) is 78.3 Å². The number of hydrogen-bond acceptors (Lipinski definition) is 7. The van der Waals surface area contributed by atoms with Crippen molar-refractivity contribution in [3.05, 3.63) is 47.5 Å². The zero-order chi connectivity index (χ0) is 18.6. The van der Waals surface area contributed by atoms with Crippen molar-refractivity contribution >= 4 is 18.2 Å². The average molecular weight is 385 g/mol. The number of rotatable bonds is 5. The van der Waals surface area contributed by atoms with Crippen molar-refractivity contribution in [3.8, 4) is 11.4 Å². The molecular formula is C17H21N8OS+. The number of aromatic nitrogens is 6. The third kappa shape index (κ3) is 3.81. The van der Waals surface area contributed by atoms with Crippen LogP contribution in [0.1, 0.15) is 0 Å². The summed E-state index contributed by atoms with van der Waals surface area (Å²) in [5, 5.41) is 8.45. The Kier molecular flexibility index (Phi) is 5.07. The summed E-state index contributed by atoms with van der Waals surface area (Å²) in [5.74, 6) is 1.58. The highest BCUT2D eigenvalue weighted by atomic mass is 32.1. The second-order valence-electron chi connectivity index (χ2n) is 6.31. The lowest BCUT2D eigenvalue weighted by molar-refractivity contribution is -0.924. The lowest BCUT2D eigenvalue weighted by Gasteiger charge is -2.31. The number of anilines is 1. The second kappa shape index (κ2) is 7.80. The number of tetrazole rings is 1. The van der Waals surface area contributed by atoms with Crippen LogP contribution in [0.15, 0.2) is 42.7 Å². The van der Waals surface area contributed by atoms with Gasteiger partial charge in [0.05, 0.1) is 39.0 Å². The van der Waals surface area contributed by atoms with Gasteiger partial charge in [-0.3, -0.25) is 0 Å². The van der Waals surface area contributed by atoms with E-state index in [-0.39, 0.29) is 0 Å². The molecule has 1 N–H and O–H groups in total. The Balaban J connectivity index is 1.41. The van der Waals surface area contributed by atoms with E-state index in [0.29, 0.717) is 11.4 Å². The van der Waals surface area contributed by atoms with Gasteiger partial charge in [-0.15, -0.1) is 0 Å². The van der Waals surface area contributed by atoms with E-state index in [0.717, 1.165) is 43.6 Å². The fourth-order valence-corrected chi connectivity index (χ4v) is 3.35. The van der Waals surface area contributed by atoms with E-state index in [1.807, 2.05) is 30.3 Å². The van der Waals surface area contributed by atoms with Crippen molar-refractivity contribution < 1.29 is 9.64 Å². The van der Waals surface area contributed by atoms with Crippen LogP contribution in [-0.2, 0) is 6.67 Å². The fraction of sp³-hybridized carbons (Fsp3) is 0.353. The van der Waals surface area contributed by atoms with Gasteiger partial charge in [-0.2, -0.15) is 9.36 Å². The fourth-order valence-electron chi connectivity index (χ4n) is 3.11. The van der Waals surface area contributed by atoms with Crippen molar-refractivity contribution in [3.63, 3.8) is 0 Å². The quantitative estimate of drug-likeness (QED) is 0.618. The lowest BCUT2D eigenvalue weighted by atomic mass is 10.3. The molecule has 0 radical (unpaired) electrons. The molecule has 1 aliphatic heterocycles. The van der Waals surface area contributed by atoms with Gasteiger partial charge in [0.2, 0.25) is 10.7 Å². The van der Waals surface area contributed by atoms with Gasteiger partial charge in [-0.1, -0.05) is 0 Å². The van der Waals surface area contributed by atoms with Crippen LogP contribution < -0.4 is 14.5 Å². The summed E-state index contributed by atoms with van der Waals surface area (Å²) in [4.78, 5) is 12.3. The van der Waals surface area contributed by atoms with E-state index in [2.05, 4.69) is 25.3 Å². The number of quaternary nitrogens is 1. The number of ether oxygens (including phenoxy) is 1. The van der Waals surface area contributed by atoms with Gasteiger partial charge in [0.25, 0.3) is 0 Å². The van der Waals surface area contributed by atoms with E-state index in [4.69, 9.17) is 17.0 Å². The maximum atomic E-state index is 5.56. The SMILES string of the molecule is COc1ccc(-n2nnn(C[NH+]3CCN(c4ncccn4)CC3)c2=S)cc1. The molecule has 0 unspecified atom stereocenters. The van der Waals surface area contributed by atoms with Gasteiger partial charge in [0, 0.05) is 12.4 Å². The zero-order valence-electron chi connectivity index (χ0n) is 15.0. The van der Waals surface area contributed by atoms with Crippen LogP contribution in [0.4, 0.5) is 5.95 Å². The van der Waals surface area contributed by atoms with E-state index >= 15 is 0 Å². The summed E-state index contributed by atoms with van der Waals surface area (Å²) < 4.78 is 9.22. The van der Waals surface area contributed by atoms with Crippen LogP contribution in [0.5, 0.6) is 5.75 Å². The molecule has 9 nitrogen and oxygen atoms in total. The maximum absolute atomic E-state index is 5.56. The van der Waals surface area contributed by atoms with Crippen LogP contribution in [-0.4, -0.2) is 63.0 Å². The number of piperazine rings is 1. The minimum atomic E-state index is 0.585. The molecule has 140 valence electrons. The standard InChI is InChI=1S/C17H20N8OS/c1-26-15-5-3-14(4-6-15)25-17(27)24(20-21-25)13-22-9-11-23(12-10-22)16-18-7-2-8-19-16/h2-8H,9-13H2,1H3/p+1. The molecule has 1 saturated heterocycles. The van der Waals surface area contributed by atoms with Crippen LogP contribution in [0, 0.1) is 4.77 Å². The Morgan fingerprint density at radius 3 is 2.44 bits per heavy atom. The lowest BCUT2D eigenvalue weighted by Crippen LogP contribution is -3.14. The molecule has 0 spiro atoms. The van der Waals surface area contributed by atoms with Gasteiger partial charge in [0.1, 0.15) is 5.75 Å². The highest BCUT2D eigenvalue weighted by Crippen LogP contribution is 2.14. The minimum Gasteiger partial charge on any atom is -0.497 e. The molecule has 0 atom stereocenters. The van der Waals surface area contributed by atoms with Crippen molar-refractivity contribution in [1.29, 1.82) is 0 Å². The molecule has 3 heterocycles. The summed E-state index contributed by atoms with van der Waals surface area (Å²) in [5.41, 5.74) is 0.869. The second-order valence-corrected chi connectivity index (χ2v) is 6.68. The summed E-state index contributed by atoms with van der Waals surface area (Å²) >= 11 is 5.56. The molecule has 0 saturated carbocycles. The molecular weight excluding hydrogens is 364 g/mol. The smallest absolute Gasteiger partial charge is 0.225 e. The molecule has 0 bridgehead atoms. The van der Waals surface area contributed by atoms with Gasteiger partial charge < -0.3 is 14.5 Å². The number of benzene rings is 1. The summed E-state index contributed by atoms with van der Waals surface area (Å²) in [7, 11) is 1.64. The summed E-state index contributed by atoms with van der Waals surface area (Å²) in [6.45, 7) is 4.43. The van der Waals surface area contributed by atoms with Gasteiger partial charge in [0.15, 0.2) is 6.67 Å². The summed E-state index contributed by atoms with van der Waals surface area (Å²) in [6, 6.07) is 9.43. The first-order chi connectivity index (χ1) is 13.2. The largest absolute Gasteiger partial charge is 0.497 e. The molecule has 10 heteroatoms. The Bertz CT molecular complexity index is 932. The van der Waals surface area contributed by atoms with Crippen LogP contribution in [0.3, 0.4) is 0 Å². The predicted molar refractivity (Wildman–Crippen MR) is 102 cm³/mol. The van der Waals surface area contributed by atoms with Crippen molar-refractivity contribution in [2.24, 2.45) is 0 Å². The zero-order valence-corrected chi connectivity index (χ0v) is 15.8. The normalized spacial score (nSPS) is 15.1. The Morgan fingerprint density at radius 2 is 1.78 bits per heavy atom. The Labute approximate surface area is 161 Å². The van der Waals surface area contributed by atoms with E-state index in [1.54, 1.807) is 28.9 Å².